The normalized spacial score (nSPS) is 16.9. The van der Waals surface area contributed by atoms with Crippen LogP contribution < -0.4 is 0 Å². The molecule has 2 heteroatoms. The van der Waals surface area contributed by atoms with Crippen LogP contribution in [0.15, 0.2) is 6.07 Å². The Balaban J connectivity index is 2.38. The molecular weight excluding hydrogens is 196 g/mol. The van der Waals surface area contributed by atoms with Crippen molar-refractivity contribution in [3.05, 3.63) is 23.0 Å². The van der Waals surface area contributed by atoms with Crippen LogP contribution in [0, 0.1) is 0 Å². The first-order valence-corrected chi connectivity index (χ1v) is 6.47. The minimum absolute atomic E-state index is 0.479. The summed E-state index contributed by atoms with van der Waals surface area (Å²) in [6.07, 6.45) is 4.05. The monoisotopic (exact) mass is 218 g/mol. The van der Waals surface area contributed by atoms with Gasteiger partial charge in [-0.15, -0.1) is 0 Å². The van der Waals surface area contributed by atoms with Gasteiger partial charge >= 0.3 is 0 Å². The van der Waals surface area contributed by atoms with E-state index in [-0.39, 0.29) is 0 Å². The molecule has 0 aliphatic heterocycles. The molecule has 2 rings (SSSR count). The van der Waals surface area contributed by atoms with Crippen molar-refractivity contribution in [2.75, 3.05) is 0 Å². The van der Waals surface area contributed by atoms with E-state index in [1.807, 2.05) is 0 Å². The van der Waals surface area contributed by atoms with Crippen molar-refractivity contribution in [1.29, 1.82) is 0 Å². The maximum atomic E-state index is 4.45. The highest BCUT2D eigenvalue weighted by atomic mass is 15.1. The lowest BCUT2D eigenvalue weighted by atomic mass is 9.78. The molecule has 0 atom stereocenters. The molecule has 88 valence electrons. The topological polar surface area (TPSA) is 25.8 Å². The molecule has 1 heterocycles. The Morgan fingerprint density at radius 2 is 1.75 bits per heavy atom. The van der Waals surface area contributed by atoms with Gasteiger partial charge in [0.15, 0.2) is 0 Å². The Kier molecular flexibility index (Phi) is 3.27. The molecule has 1 aliphatic rings. The zero-order valence-corrected chi connectivity index (χ0v) is 10.8. The molecule has 0 spiro atoms. The van der Waals surface area contributed by atoms with Crippen molar-refractivity contribution < 1.29 is 0 Å². The first-order valence-electron chi connectivity index (χ1n) is 6.47. The van der Waals surface area contributed by atoms with Gasteiger partial charge in [-0.05, 0) is 42.2 Å². The predicted molar refractivity (Wildman–Crippen MR) is 66.8 cm³/mol. The molecular formula is C14H22N2. The lowest BCUT2D eigenvalue weighted by Crippen LogP contribution is -2.15. The van der Waals surface area contributed by atoms with Crippen molar-refractivity contribution >= 4 is 0 Å². The summed E-state index contributed by atoms with van der Waals surface area (Å²) >= 11 is 0. The molecule has 0 radical (unpaired) electrons. The lowest BCUT2D eigenvalue weighted by Gasteiger charge is -2.28. The molecule has 0 unspecified atom stereocenters. The Hall–Kier alpha value is -0.920. The van der Waals surface area contributed by atoms with Crippen LogP contribution in [0.2, 0.25) is 0 Å². The minimum Gasteiger partial charge on any atom is -0.155 e. The van der Waals surface area contributed by atoms with Crippen molar-refractivity contribution in [3.63, 3.8) is 0 Å². The van der Waals surface area contributed by atoms with Gasteiger partial charge in [0.1, 0.15) is 0 Å². The smallest absolute Gasteiger partial charge is 0.0691 e. The summed E-state index contributed by atoms with van der Waals surface area (Å²) in [4.78, 5) is 0. The molecule has 0 bridgehead atoms. The highest BCUT2D eigenvalue weighted by Gasteiger charge is 2.25. The van der Waals surface area contributed by atoms with Crippen molar-refractivity contribution in [1.82, 2.24) is 10.2 Å². The van der Waals surface area contributed by atoms with Gasteiger partial charge in [0, 0.05) is 0 Å². The van der Waals surface area contributed by atoms with Gasteiger partial charge in [-0.1, -0.05) is 34.1 Å². The van der Waals surface area contributed by atoms with E-state index in [1.165, 1.54) is 30.5 Å². The van der Waals surface area contributed by atoms with Crippen molar-refractivity contribution in [2.45, 2.75) is 64.7 Å². The van der Waals surface area contributed by atoms with Crippen molar-refractivity contribution in [2.24, 2.45) is 0 Å². The van der Waals surface area contributed by atoms with Crippen LogP contribution in [0.5, 0.6) is 0 Å². The summed E-state index contributed by atoms with van der Waals surface area (Å²) in [5.41, 5.74) is 3.83. The second-order valence-corrected chi connectivity index (χ2v) is 5.55. The molecule has 1 aromatic rings. The first-order chi connectivity index (χ1) is 7.59. The van der Waals surface area contributed by atoms with E-state index in [0.29, 0.717) is 11.8 Å². The Morgan fingerprint density at radius 1 is 1.06 bits per heavy atom. The molecule has 1 saturated carbocycles. The van der Waals surface area contributed by atoms with Crippen molar-refractivity contribution in [3.8, 4) is 0 Å². The summed E-state index contributed by atoms with van der Waals surface area (Å²) in [6.45, 7) is 8.79. The van der Waals surface area contributed by atoms with E-state index in [1.54, 1.807) is 0 Å². The van der Waals surface area contributed by atoms with Crippen LogP contribution in [-0.4, -0.2) is 10.2 Å². The van der Waals surface area contributed by atoms with E-state index in [9.17, 15) is 0 Å². The van der Waals surface area contributed by atoms with E-state index in [4.69, 9.17) is 0 Å². The summed E-state index contributed by atoms with van der Waals surface area (Å²) in [6, 6.07) is 2.30. The molecule has 1 aliphatic carbocycles. The SMILES string of the molecule is CC(C)c1cc(C2CCC2)c(C(C)C)nn1. The number of hydrogen-bond acceptors (Lipinski definition) is 2. The average Bonchev–Trinajstić information content (AvgIpc) is 2.14. The second kappa shape index (κ2) is 4.52. The van der Waals surface area contributed by atoms with Crippen LogP contribution in [0.1, 0.15) is 81.7 Å². The molecule has 16 heavy (non-hydrogen) atoms. The zero-order chi connectivity index (χ0) is 11.7. The average molecular weight is 218 g/mol. The van der Waals surface area contributed by atoms with Crippen LogP contribution in [0.4, 0.5) is 0 Å². The quantitative estimate of drug-likeness (QED) is 0.766. The molecule has 1 fully saturated rings. The van der Waals surface area contributed by atoms with Crippen LogP contribution >= 0.6 is 0 Å². The highest BCUT2D eigenvalue weighted by Crippen LogP contribution is 2.39. The maximum absolute atomic E-state index is 4.45. The summed E-state index contributed by atoms with van der Waals surface area (Å²) in [5, 5.41) is 8.80. The minimum atomic E-state index is 0.479. The second-order valence-electron chi connectivity index (χ2n) is 5.55. The van der Waals surface area contributed by atoms with Crippen LogP contribution in [-0.2, 0) is 0 Å². The van der Waals surface area contributed by atoms with E-state index in [0.717, 1.165) is 11.6 Å². The molecule has 0 aromatic carbocycles. The number of nitrogens with zero attached hydrogens (tertiary/aromatic N) is 2. The fourth-order valence-electron chi connectivity index (χ4n) is 2.21. The van der Waals surface area contributed by atoms with E-state index >= 15 is 0 Å². The summed E-state index contributed by atoms with van der Waals surface area (Å²) in [5.74, 6) is 1.72. The fourth-order valence-corrected chi connectivity index (χ4v) is 2.21. The largest absolute Gasteiger partial charge is 0.155 e. The Morgan fingerprint density at radius 3 is 2.19 bits per heavy atom. The number of rotatable bonds is 3. The van der Waals surface area contributed by atoms with Gasteiger partial charge in [0.25, 0.3) is 0 Å². The maximum Gasteiger partial charge on any atom is 0.0691 e. The molecule has 0 saturated heterocycles. The Bertz CT molecular complexity index is 365. The number of hydrogen-bond donors (Lipinski definition) is 0. The van der Waals surface area contributed by atoms with Crippen LogP contribution in [0.25, 0.3) is 0 Å². The van der Waals surface area contributed by atoms with Gasteiger partial charge < -0.3 is 0 Å². The third kappa shape index (κ3) is 2.11. The standard InChI is InChI=1S/C14H22N2/c1-9(2)13-8-12(11-6-5-7-11)14(10(3)4)16-15-13/h8-11H,5-7H2,1-4H3. The Labute approximate surface area is 98.5 Å². The molecule has 1 aromatic heterocycles. The summed E-state index contributed by atoms with van der Waals surface area (Å²) in [7, 11) is 0. The third-order valence-corrected chi connectivity index (χ3v) is 3.56. The highest BCUT2D eigenvalue weighted by molar-refractivity contribution is 5.30. The number of aromatic nitrogens is 2. The molecule has 0 N–H and O–H groups in total. The fraction of sp³-hybridized carbons (Fsp3) is 0.714. The van der Waals surface area contributed by atoms with Gasteiger partial charge in [-0.2, -0.15) is 10.2 Å². The summed E-state index contributed by atoms with van der Waals surface area (Å²) < 4.78 is 0. The first kappa shape index (κ1) is 11.6. The lowest BCUT2D eigenvalue weighted by molar-refractivity contribution is 0.412. The predicted octanol–water partition coefficient (Wildman–Crippen LogP) is 3.99. The van der Waals surface area contributed by atoms with E-state index < -0.39 is 0 Å². The van der Waals surface area contributed by atoms with Crippen LogP contribution in [0.3, 0.4) is 0 Å². The molecule has 2 nitrogen and oxygen atoms in total. The van der Waals surface area contributed by atoms with Gasteiger partial charge in [-0.3, -0.25) is 0 Å². The van der Waals surface area contributed by atoms with Gasteiger partial charge in [0.2, 0.25) is 0 Å². The van der Waals surface area contributed by atoms with E-state index in [2.05, 4.69) is 44.0 Å². The molecule has 0 amide bonds. The van der Waals surface area contributed by atoms with Gasteiger partial charge in [-0.25, -0.2) is 0 Å². The third-order valence-electron chi connectivity index (χ3n) is 3.56. The zero-order valence-electron chi connectivity index (χ0n) is 10.8. The van der Waals surface area contributed by atoms with Gasteiger partial charge in [0.05, 0.1) is 11.4 Å².